The molecule has 1 atom stereocenters. The van der Waals surface area contributed by atoms with Crippen LogP contribution in [0.5, 0.6) is 0 Å². The number of rotatable bonds is 7. The van der Waals surface area contributed by atoms with Crippen LogP contribution in [0, 0.1) is 11.6 Å². The van der Waals surface area contributed by atoms with E-state index >= 15 is 0 Å². The van der Waals surface area contributed by atoms with Gasteiger partial charge in [-0.15, -0.1) is 0 Å². The van der Waals surface area contributed by atoms with Gasteiger partial charge in [0.25, 0.3) is 0 Å². The average molecular weight is 470 g/mol. The summed E-state index contributed by atoms with van der Waals surface area (Å²) >= 11 is 1.13. The van der Waals surface area contributed by atoms with Crippen molar-refractivity contribution < 1.29 is 22.0 Å². The monoisotopic (exact) mass is 469 g/mol. The van der Waals surface area contributed by atoms with Crippen LogP contribution in [0.3, 0.4) is 0 Å². The first-order chi connectivity index (χ1) is 14.7. The van der Waals surface area contributed by atoms with Crippen molar-refractivity contribution in [3.8, 4) is 0 Å². The number of carbonyl (C=O) groups excluding carboxylic acids is 1. The third-order valence-electron chi connectivity index (χ3n) is 5.33. The zero-order valence-electron chi connectivity index (χ0n) is 17.3. The van der Waals surface area contributed by atoms with Gasteiger partial charge in [-0.3, -0.25) is 4.79 Å². The van der Waals surface area contributed by atoms with Crippen molar-refractivity contribution in [2.75, 3.05) is 12.4 Å². The molecule has 1 fully saturated rings. The van der Waals surface area contributed by atoms with Crippen molar-refractivity contribution in [1.29, 1.82) is 0 Å². The summed E-state index contributed by atoms with van der Waals surface area (Å²) in [5.41, 5.74) is 0.150. The standard InChI is InChI=1S/C21H25F2N3O3S2/c1-14(21(27)25-15-8-10-18(22)19(23)12-15)30-20-11-9-17(13-24-20)31(28,29)26(2)16-6-4-3-5-7-16/h8-14,16H,3-7H2,1-2H3,(H,25,27). The minimum absolute atomic E-state index is 0.00724. The fourth-order valence-corrected chi connectivity index (χ4v) is 5.60. The Balaban J connectivity index is 1.62. The highest BCUT2D eigenvalue weighted by Gasteiger charge is 2.29. The molecule has 0 aliphatic heterocycles. The Bertz CT molecular complexity index is 1030. The van der Waals surface area contributed by atoms with Crippen LogP contribution in [0.4, 0.5) is 14.5 Å². The number of hydrogen-bond acceptors (Lipinski definition) is 5. The number of thioether (sulfide) groups is 1. The second-order valence-electron chi connectivity index (χ2n) is 7.52. The SMILES string of the molecule is CC(Sc1ccc(S(=O)(=O)N(C)C2CCCCC2)cn1)C(=O)Nc1ccc(F)c(F)c1. The molecule has 1 saturated carbocycles. The molecule has 1 heterocycles. The van der Waals surface area contributed by atoms with Crippen LogP contribution >= 0.6 is 11.8 Å². The van der Waals surface area contributed by atoms with E-state index in [9.17, 15) is 22.0 Å². The molecule has 10 heteroatoms. The summed E-state index contributed by atoms with van der Waals surface area (Å²) in [6, 6.07) is 6.18. The van der Waals surface area contributed by atoms with Crippen LogP contribution in [0.1, 0.15) is 39.0 Å². The third-order valence-corrected chi connectivity index (χ3v) is 8.27. The van der Waals surface area contributed by atoms with E-state index in [1.165, 1.54) is 22.6 Å². The van der Waals surface area contributed by atoms with Gasteiger partial charge in [0.2, 0.25) is 15.9 Å². The Hall–Kier alpha value is -2.04. The van der Waals surface area contributed by atoms with Gasteiger partial charge in [0.15, 0.2) is 11.6 Å². The van der Waals surface area contributed by atoms with Gasteiger partial charge < -0.3 is 5.32 Å². The van der Waals surface area contributed by atoms with E-state index in [2.05, 4.69) is 10.3 Å². The molecule has 1 aliphatic rings. The Morgan fingerprint density at radius 3 is 2.48 bits per heavy atom. The Kier molecular flexibility index (Phi) is 7.66. The first kappa shape index (κ1) is 23.6. The normalized spacial score (nSPS) is 16.3. The molecule has 1 aromatic carbocycles. The number of carbonyl (C=O) groups is 1. The number of amides is 1. The van der Waals surface area contributed by atoms with E-state index < -0.39 is 32.8 Å². The number of aromatic nitrogens is 1. The molecule has 1 N–H and O–H groups in total. The zero-order valence-corrected chi connectivity index (χ0v) is 19.0. The number of pyridine rings is 1. The maximum Gasteiger partial charge on any atom is 0.244 e. The molecule has 3 rings (SSSR count). The van der Waals surface area contributed by atoms with E-state index in [0.717, 1.165) is 56.0 Å². The fraction of sp³-hybridized carbons (Fsp3) is 0.429. The lowest BCUT2D eigenvalue weighted by atomic mass is 9.96. The minimum Gasteiger partial charge on any atom is -0.325 e. The molecule has 1 aromatic heterocycles. The van der Waals surface area contributed by atoms with Crippen molar-refractivity contribution in [2.45, 2.75) is 60.2 Å². The number of nitrogens with one attached hydrogen (secondary N) is 1. The number of sulfonamides is 1. The lowest BCUT2D eigenvalue weighted by Crippen LogP contribution is -2.38. The van der Waals surface area contributed by atoms with Crippen molar-refractivity contribution in [1.82, 2.24) is 9.29 Å². The van der Waals surface area contributed by atoms with Gasteiger partial charge in [-0.05, 0) is 44.0 Å². The van der Waals surface area contributed by atoms with Gasteiger partial charge in [-0.25, -0.2) is 22.2 Å². The minimum atomic E-state index is -3.63. The van der Waals surface area contributed by atoms with E-state index in [-0.39, 0.29) is 16.6 Å². The lowest BCUT2D eigenvalue weighted by Gasteiger charge is -2.30. The highest BCUT2D eigenvalue weighted by molar-refractivity contribution is 8.00. The summed E-state index contributed by atoms with van der Waals surface area (Å²) in [6.45, 7) is 1.64. The molecule has 2 aromatic rings. The molecule has 168 valence electrons. The summed E-state index contributed by atoms with van der Waals surface area (Å²) in [6.07, 6.45) is 6.23. The number of hydrogen-bond donors (Lipinski definition) is 1. The van der Waals surface area contributed by atoms with E-state index in [4.69, 9.17) is 0 Å². The van der Waals surface area contributed by atoms with Gasteiger partial charge in [-0.2, -0.15) is 4.31 Å². The molecule has 0 bridgehead atoms. The number of halogens is 2. The van der Waals surface area contributed by atoms with Crippen LogP contribution in [0.15, 0.2) is 46.5 Å². The molecule has 0 saturated heterocycles. The molecule has 1 amide bonds. The number of anilines is 1. The van der Waals surface area contributed by atoms with Crippen molar-refractivity contribution >= 4 is 33.4 Å². The summed E-state index contributed by atoms with van der Waals surface area (Å²) in [5.74, 6) is -2.45. The van der Waals surface area contributed by atoms with Crippen LogP contribution in [-0.4, -0.2) is 42.0 Å². The number of benzene rings is 1. The van der Waals surface area contributed by atoms with E-state index in [1.54, 1.807) is 20.0 Å². The quantitative estimate of drug-likeness (QED) is 0.607. The Labute approximate surface area is 185 Å². The average Bonchev–Trinajstić information content (AvgIpc) is 2.76. The lowest BCUT2D eigenvalue weighted by molar-refractivity contribution is -0.115. The topological polar surface area (TPSA) is 79.4 Å². The molecule has 6 nitrogen and oxygen atoms in total. The predicted molar refractivity (Wildman–Crippen MR) is 116 cm³/mol. The van der Waals surface area contributed by atoms with Crippen LogP contribution in [0.25, 0.3) is 0 Å². The summed E-state index contributed by atoms with van der Waals surface area (Å²) in [5, 5.41) is 2.41. The second-order valence-corrected chi connectivity index (χ2v) is 10.9. The first-order valence-corrected chi connectivity index (χ1v) is 12.4. The Morgan fingerprint density at radius 2 is 1.87 bits per heavy atom. The fourth-order valence-electron chi connectivity index (χ4n) is 3.45. The van der Waals surface area contributed by atoms with Crippen molar-refractivity contribution in [2.24, 2.45) is 0 Å². The Morgan fingerprint density at radius 1 is 1.16 bits per heavy atom. The highest BCUT2D eigenvalue weighted by Crippen LogP contribution is 2.28. The van der Waals surface area contributed by atoms with E-state index in [1.807, 2.05) is 0 Å². The van der Waals surface area contributed by atoms with Gasteiger partial charge in [0.1, 0.15) is 4.90 Å². The highest BCUT2D eigenvalue weighted by atomic mass is 32.2. The van der Waals surface area contributed by atoms with Crippen LogP contribution in [0.2, 0.25) is 0 Å². The van der Waals surface area contributed by atoms with Crippen molar-refractivity contribution in [3.63, 3.8) is 0 Å². The maximum absolute atomic E-state index is 13.3. The van der Waals surface area contributed by atoms with Crippen LogP contribution < -0.4 is 5.32 Å². The first-order valence-electron chi connectivity index (χ1n) is 10.0. The number of nitrogens with zero attached hydrogens (tertiary/aromatic N) is 2. The van der Waals surface area contributed by atoms with Gasteiger partial charge in [0.05, 0.1) is 10.3 Å². The third kappa shape index (κ3) is 5.81. The molecule has 0 spiro atoms. The van der Waals surface area contributed by atoms with Gasteiger partial charge in [-0.1, -0.05) is 31.0 Å². The van der Waals surface area contributed by atoms with E-state index in [0.29, 0.717) is 5.03 Å². The summed E-state index contributed by atoms with van der Waals surface area (Å²) in [4.78, 5) is 16.6. The second kappa shape index (κ2) is 10.1. The molecular weight excluding hydrogens is 444 g/mol. The predicted octanol–water partition coefficient (Wildman–Crippen LogP) is 4.43. The zero-order chi connectivity index (χ0) is 22.6. The van der Waals surface area contributed by atoms with Gasteiger partial charge in [0, 0.05) is 31.0 Å². The molecule has 1 aliphatic carbocycles. The smallest absolute Gasteiger partial charge is 0.244 e. The molecule has 1 unspecified atom stereocenters. The van der Waals surface area contributed by atoms with Gasteiger partial charge >= 0.3 is 0 Å². The molecule has 0 radical (unpaired) electrons. The summed E-state index contributed by atoms with van der Waals surface area (Å²) < 4.78 is 53.5. The molecule has 31 heavy (non-hydrogen) atoms. The summed E-state index contributed by atoms with van der Waals surface area (Å²) in [7, 11) is -2.02. The van der Waals surface area contributed by atoms with Crippen LogP contribution in [-0.2, 0) is 14.8 Å². The maximum atomic E-state index is 13.3. The molecular formula is C21H25F2N3O3S2. The largest absolute Gasteiger partial charge is 0.325 e. The van der Waals surface area contributed by atoms with Crippen molar-refractivity contribution in [3.05, 3.63) is 48.2 Å².